The Bertz CT molecular complexity index is 161. The first-order valence-corrected chi connectivity index (χ1v) is 4.39. The zero-order valence-electron chi connectivity index (χ0n) is 7.50. The van der Waals surface area contributed by atoms with Crippen molar-refractivity contribution in [1.29, 1.82) is 0 Å². The molecule has 0 aromatic carbocycles. The number of hydrogen-bond acceptors (Lipinski definition) is 2. The molecule has 0 radical (unpaired) electrons. The zero-order chi connectivity index (χ0) is 8.85. The summed E-state index contributed by atoms with van der Waals surface area (Å²) >= 11 is 3.34. The number of rotatable bonds is 3. The van der Waals surface area contributed by atoms with Crippen LogP contribution in [-0.2, 0) is 0 Å². The molecular formula is C8H15BrN2. The van der Waals surface area contributed by atoms with Crippen LogP contribution in [-0.4, -0.2) is 29.8 Å². The van der Waals surface area contributed by atoms with E-state index in [2.05, 4.69) is 20.9 Å². The van der Waals surface area contributed by atoms with Crippen LogP contribution >= 0.6 is 15.9 Å². The van der Waals surface area contributed by atoms with Crippen molar-refractivity contribution in [1.82, 2.24) is 4.90 Å². The van der Waals surface area contributed by atoms with Crippen LogP contribution in [0.15, 0.2) is 17.1 Å². The maximum atomic E-state index is 4.34. The Labute approximate surface area is 77.1 Å². The van der Waals surface area contributed by atoms with E-state index in [1.807, 2.05) is 45.0 Å². The third-order valence-electron chi connectivity index (χ3n) is 1.36. The van der Waals surface area contributed by atoms with Gasteiger partial charge in [0.2, 0.25) is 0 Å². The van der Waals surface area contributed by atoms with Crippen LogP contribution in [0.1, 0.15) is 13.8 Å². The summed E-state index contributed by atoms with van der Waals surface area (Å²) in [6.45, 7) is 4.02. The van der Waals surface area contributed by atoms with Gasteiger partial charge in [-0.15, -0.1) is 0 Å². The molecule has 0 saturated carbocycles. The summed E-state index contributed by atoms with van der Waals surface area (Å²) in [4.78, 5) is 6.39. The van der Waals surface area contributed by atoms with Gasteiger partial charge in [0, 0.05) is 0 Å². The molecule has 1 unspecified atom stereocenters. The standard InChI is InChI=1S/C8H15BrN2/c1-5-6-8(9)10-7(2)11(3)4/h5-7H,1-4H3/b6-5-,10-8+. The molecule has 0 saturated heterocycles. The molecule has 0 amide bonds. The highest BCUT2D eigenvalue weighted by Gasteiger charge is 2.00. The van der Waals surface area contributed by atoms with Gasteiger partial charge in [-0.2, -0.15) is 0 Å². The summed E-state index contributed by atoms with van der Waals surface area (Å²) in [6, 6.07) is 0. The first-order chi connectivity index (χ1) is 5.07. The monoisotopic (exact) mass is 218 g/mol. The minimum Gasteiger partial charge on any atom is -0.288 e. The second-order valence-electron chi connectivity index (χ2n) is 2.55. The number of nitrogens with zero attached hydrogens (tertiary/aromatic N) is 2. The Morgan fingerprint density at radius 3 is 2.45 bits per heavy atom. The van der Waals surface area contributed by atoms with Gasteiger partial charge in [-0.25, -0.2) is 0 Å². The van der Waals surface area contributed by atoms with Gasteiger partial charge in [-0.3, -0.25) is 9.89 Å². The Hall–Kier alpha value is -0.150. The minimum absolute atomic E-state index is 0.223. The van der Waals surface area contributed by atoms with Crippen molar-refractivity contribution < 1.29 is 0 Å². The van der Waals surface area contributed by atoms with Crippen molar-refractivity contribution >= 4 is 20.6 Å². The molecule has 0 aliphatic heterocycles. The van der Waals surface area contributed by atoms with Crippen LogP contribution in [0, 0.1) is 0 Å². The highest BCUT2D eigenvalue weighted by atomic mass is 79.9. The summed E-state index contributed by atoms with van der Waals surface area (Å²) in [5.41, 5.74) is 0. The summed E-state index contributed by atoms with van der Waals surface area (Å²) in [5, 5.41) is 0. The largest absolute Gasteiger partial charge is 0.288 e. The SMILES string of the molecule is C/C=C\C(Br)=N/C(C)N(C)C. The number of aliphatic imine (C=N–C) groups is 1. The zero-order valence-corrected chi connectivity index (χ0v) is 9.09. The van der Waals surface area contributed by atoms with Crippen LogP contribution in [0.3, 0.4) is 0 Å². The molecule has 0 aliphatic rings. The van der Waals surface area contributed by atoms with Crippen LogP contribution in [0.5, 0.6) is 0 Å². The van der Waals surface area contributed by atoms with E-state index in [1.54, 1.807) is 0 Å². The smallest absolute Gasteiger partial charge is 0.102 e. The summed E-state index contributed by atoms with van der Waals surface area (Å²) < 4.78 is 0.890. The molecule has 0 heterocycles. The molecule has 3 heteroatoms. The van der Waals surface area contributed by atoms with Gasteiger partial charge in [0.05, 0.1) is 6.17 Å². The maximum Gasteiger partial charge on any atom is 0.102 e. The van der Waals surface area contributed by atoms with E-state index in [-0.39, 0.29) is 6.17 Å². The molecule has 0 N–H and O–H groups in total. The Morgan fingerprint density at radius 2 is 2.09 bits per heavy atom. The molecule has 0 spiro atoms. The van der Waals surface area contributed by atoms with E-state index < -0.39 is 0 Å². The van der Waals surface area contributed by atoms with Crippen molar-refractivity contribution in [2.24, 2.45) is 4.99 Å². The molecular weight excluding hydrogens is 204 g/mol. The minimum atomic E-state index is 0.223. The number of hydrogen-bond donors (Lipinski definition) is 0. The Morgan fingerprint density at radius 1 is 1.55 bits per heavy atom. The average molecular weight is 219 g/mol. The molecule has 2 nitrogen and oxygen atoms in total. The summed E-state index contributed by atoms with van der Waals surface area (Å²) in [6.07, 6.45) is 4.11. The second kappa shape index (κ2) is 5.49. The lowest BCUT2D eigenvalue weighted by molar-refractivity contribution is 0.325. The maximum absolute atomic E-state index is 4.34. The van der Waals surface area contributed by atoms with Gasteiger partial charge < -0.3 is 0 Å². The van der Waals surface area contributed by atoms with Crippen LogP contribution < -0.4 is 0 Å². The fourth-order valence-corrected chi connectivity index (χ4v) is 1.04. The summed E-state index contributed by atoms with van der Waals surface area (Å²) in [5.74, 6) is 0. The lowest BCUT2D eigenvalue weighted by Gasteiger charge is -2.14. The van der Waals surface area contributed by atoms with Gasteiger partial charge in [0.25, 0.3) is 0 Å². The van der Waals surface area contributed by atoms with E-state index in [0.717, 1.165) is 4.62 Å². The molecule has 0 bridgehead atoms. The normalized spacial score (nSPS) is 16.4. The highest BCUT2D eigenvalue weighted by Crippen LogP contribution is 1.99. The van der Waals surface area contributed by atoms with Crippen molar-refractivity contribution in [2.75, 3.05) is 14.1 Å². The van der Waals surface area contributed by atoms with Crippen LogP contribution in [0.2, 0.25) is 0 Å². The van der Waals surface area contributed by atoms with Gasteiger partial charge >= 0.3 is 0 Å². The predicted octanol–water partition coefficient (Wildman–Crippen LogP) is 2.26. The van der Waals surface area contributed by atoms with Gasteiger partial charge in [-0.1, -0.05) is 6.08 Å². The predicted molar refractivity (Wildman–Crippen MR) is 54.3 cm³/mol. The van der Waals surface area contributed by atoms with E-state index >= 15 is 0 Å². The molecule has 0 fully saturated rings. The highest BCUT2D eigenvalue weighted by molar-refractivity contribution is 9.18. The number of halogens is 1. The van der Waals surface area contributed by atoms with Crippen molar-refractivity contribution in [3.05, 3.63) is 12.2 Å². The molecule has 1 atom stereocenters. The first kappa shape index (κ1) is 10.8. The van der Waals surface area contributed by atoms with Crippen molar-refractivity contribution in [3.8, 4) is 0 Å². The van der Waals surface area contributed by atoms with E-state index in [0.29, 0.717) is 0 Å². The van der Waals surface area contributed by atoms with E-state index in [1.165, 1.54) is 0 Å². The third kappa shape index (κ3) is 5.16. The Kier molecular flexibility index (Phi) is 5.42. The van der Waals surface area contributed by atoms with Crippen LogP contribution in [0.4, 0.5) is 0 Å². The molecule has 64 valence electrons. The quantitative estimate of drug-likeness (QED) is 0.665. The molecule has 0 rings (SSSR count). The molecule has 0 aromatic rings. The van der Waals surface area contributed by atoms with Crippen molar-refractivity contribution in [3.63, 3.8) is 0 Å². The van der Waals surface area contributed by atoms with Crippen molar-refractivity contribution in [2.45, 2.75) is 20.0 Å². The first-order valence-electron chi connectivity index (χ1n) is 3.60. The average Bonchev–Trinajstić information content (AvgIpc) is 1.87. The van der Waals surface area contributed by atoms with E-state index in [4.69, 9.17) is 0 Å². The summed E-state index contributed by atoms with van der Waals surface area (Å²) in [7, 11) is 4.01. The fourth-order valence-electron chi connectivity index (χ4n) is 0.475. The van der Waals surface area contributed by atoms with Crippen LogP contribution in [0.25, 0.3) is 0 Å². The number of allylic oxidation sites excluding steroid dienone is 2. The lowest BCUT2D eigenvalue weighted by atomic mass is 10.5. The fraction of sp³-hybridized carbons (Fsp3) is 0.625. The van der Waals surface area contributed by atoms with Gasteiger partial charge in [0.15, 0.2) is 0 Å². The molecule has 0 aromatic heterocycles. The topological polar surface area (TPSA) is 15.6 Å². The Balaban J connectivity index is 4.07. The lowest BCUT2D eigenvalue weighted by Crippen LogP contribution is -2.22. The third-order valence-corrected chi connectivity index (χ3v) is 1.83. The van der Waals surface area contributed by atoms with Gasteiger partial charge in [0.1, 0.15) is 4.62 Å². The molecule has 11 heavy (non-hydrogen) atoms. The van der Waals surface area contributed by atoms with Gasteiger partial charge in [-0.05, 0) is 49.9 Å². The second-order valence-corrected chi connectivity index (χ2v) is 3.36. The molecule has 0 aliphatic carbocycles. The van der Waals surface area contributed by atoms with E-state index in [9.17, 15) is 0 Å².